The quantitative estimate of drug-likeness (QED) is 0.744. The Morgan fingerprint density at radius 1 is 1.58 bits per heavy atom. The van der Waals surface area contributed by atoms with E-state index >= 15 is 0 Å². The van der Waals surface area contributed by atoms with Crippen LogP contribution in [-0.4, -0.2) is 6.67 Å². The Labute approximate surface area is 84.9 Å². The molecule has 0 bridgehead atoms. The molecule has 0 N–H and O–H groups in total. The maximum absolute atomic E-state index is 12.3. The largest absolute Gasteiger partial charge is 0.250 e. The molecule has 3 heteroatoms. The van der Waals surface area contributed by atoms with Crippen LogP contribution in [0.2, 0.25) is 5.02 Å². The van der Waals surface area contributed by atoms with Crippen LogP contribution in [-0.2, 0) is 0 Å². The highest BCUT2D eigenvalue weighted by atomic mass is 79.9. The van der Waals surface area contributed by atoms with Gasteiger partial charge in [0, 0.05) is 15.4 Å². The summed E-state index contributed by atoms with van der Waals surface area (Å²) in [4.78, 5) is 0. The van der Waals surface area contributed by atoms with E-state index in [1.165, 1.54) is 0 Å². The molecule has 1 aromatic carbocycles. The molecular weight excluding hydrogens is 242 g/mol. The highest BCUT2D eigenvalue weighted by Crippen LogP contribution is 2.27. The molecule has 1 radical (unpaired) electrons. The first-order valence-corrected chi connectivity index (χ1v) is 4.66. The zero-order chi connectivity index (χ0) is 9.14. The lowest BCUT2D eigenvalue weighted by atomic mass is 10.0. The van der Waals surface area contributed by atoms with Gasteiger partial charge in [-0.25, -0.2) is 0 Å². The van der Waals surface area contributed by atoms with Crippen molar-refractivity contribution in [2.45, 2.75) is 5.92 Å². The van der Waals surface area contributed by atoms with Gasteiger partial charge in [0.25, 0.3) is 0 Å². The minimum atomic E-state index is -0.473. The van der Waals surface area contributed by atoms with Gasteiger partial charge in [-0.2, -0.15) is 0 Å². The first-order valence-electron chi connectivity index (χ1n) is 3.49. The Morgan fingerprint density at radius 3 is 2.83 bits per heavy atom. The third-order valence-electron chi connectivity index (χ3n) is 1.58. The summed E-state index contributed by atoms with van der Waals surface area (Å²) in [6, 6.07) is 5.27. The van der Waals surface area contributed by atoms with Crippen molar-refractivity contribution in [3.8, 4) is 0 Å². The Balaban J connectivity index is 3.04. The van der Waals surface area contributed by atoms with Crippen molar-refractivity contribution < 1.29 is 4.39 Å². The van der Waals surface area contributed by atoms with Crippen LogP contribution in [0.5, 0.6) is 0 Å². The van der Waals surface area contributed by atoms with Crippen LogP contribution >= 0.6 is 27.5 Å². The molecule has 0 saturated heterocycles. The lowest BCUT2D eigenvalue weighted by Crippen LogP contribution is -1.96. The smallest absolute Gasteiger partial charge is 0.0963 e. The van der Waals surface area contributed by atoms with E-state index in [4.69, 9.17) is 11.6 Å². The van der Waals surface area contributed by atoms with Gasteiger partial charge >= 0.3 is 0 Å². The van der Waals surface area contributed by atoms with Gasteiger partial charge in [-0.3, -0.25) is 4.39 Å². The molecule has 0 aromatic heterocycles. The fraction of sp³-hybridized carbons (Fsp3) is 0.222. The van der Waals surface area contributed by atoms with Gasteiger partial charge < -0.3 is 0 Å². The fourth-order valence-electron chi connectivity index (χ4n) is 0.911. The summed E-state index contributed by atoms with van der Waals surface area (Å²) in [5.41, 5.74) is 0.810. The predicted octanol–water partition coefficient (Wildman–Crippen LogP) is 3.99. The molecule has 0 fully saturated rings. The maximum Gasteiger partial charge on any atom is 0.0963 e. The molecule has 0 nitrogen and oxygen atoms in total. The topological polar surface area (TPSA) is 0 Å². The number of hydrogen-bond donors (Lipinski definition) is 0. The van der Waals surface area contributed by atoms with E-state index in [9.17, 15) is 4.39 Å². The molecule has 0 aliphatic carbocycles. The summed E-state index contributed by atoms with van der Waals surface area (Å²) in [5, 5.41) is 0.607. The van der Waals surface area contributed by atoms with E-state index in [1.54, 1.807) is 18.2 Å². The van der Waals surface area contributed by atoms with Crippen molar-refractivity contribution in [1.82, 2.24) is 0 Å². The van der Waals surface area contributed by atoms with Crippen LogP contribution in [0.1, 0.15) is 11.5 Å². The normalized spacial score (nSPS) is 13.0. The highest BCUT2D eigenvalue weighted by Gasteiger charge is 2.09. The molecule has 0 amide bonds. The minimum Gasteiger partial charge on any atom is -0.250 e. The monoisotopic (exact) mass is 249 g/mol. The van der Waals surface area contributed by atoms with E-state index in [1.807, 2.05) is 0 Å². The third kappa shape index (κ3) is 2.20. The zero-order valence-electron chi connectivity index (χ0n) is 6.36. The summed E-state index contributed by atoms with van der Waals surface area (Å²) >= 11 is 9.05. The minimum absolute atomic E-state index is 0.349. The van der Waals surface area contributed by atoms with E-state index in [0.717, 1.165) is 10.0 Å². The van der Waals surface area contributed by atoms with E-state index in [2.05, 4.69) is 22.9 Å². The summed E-state index contributed by atoms with van der Waals surface area (Å²) in [7, 11) is 0. The van der Waals surface area contributed by atoms with Crippen molar-refractivity contribution in [1.29, 1.82) is 0 Å². The van der Waals surface area contributed by atoms with E-state index in [-0.39, 0.29) is 5.92 Å². The fourth-order valence-corrected chi connectivity index (χ4v) is 1.66. The van der Waals surface area contributed by atoms with Crippen LogP contribution in [0.25, 0.3) is 0 Å². The molecule has 1 unspecified atom stereocenters. The SMILES string of the molecule is [CH2]C(CF)c1cc(Cl)ccc1Br. The van der Waals surface area contributed by atoms with Gasteiger partial charge in [-0.15, -0.1) is 0 Å². The molecule has 1 rings (SSSR count). The van der Waals surface area contributed by atoms with Gasteiger partial charge in [0.2, 0.25) is 0 Å². The lowest BCUT2D eigenvalue weighted by molar-refractivity contribution is 0.465. The number of halogens is 3. The molecule has 0 aliphatic heterocycles. The highest BCUT2D eigenvalue weighted by molar-refractivity contribution is 9.10. The Hall–Kier alpha value is -0.0800. The second-order valence-electron chi connectivity index (χ2n) is 2.52. The standard InChI is InChI=1S/C9H8BrClF/c1-6(5-12)8-4-7(11)2-3-9(8)10/h2-4,6H,1,5H2. The first kappa shape index (κ1) is 10.0. The van der Waals surface area contributed by atoms with Gasteiger partial charge in [0.15, 0.2) is 0 Å². The molecule has 1 atom stereocenters. The lowest BCUT2D eigenvalue weighted by Gasteiger charge is -2.09. The van der Waals surface area contributed by atoms with Gasteiger partial charge in [0.1, 0.15) is 0 Å². The van der Waals surface area contributed by atoms with Crippen molar-refractivity contribution in [3.63, 3.8) is 0 Å². The van der Waals surface area contributed by atoms with E-state index in [0.29, 0.717) is 5.02 Å². The number of hydrogen-bond acceptors (Lipinski definition) is 0. The van der Waals surface area contributed by atoms with Crippen LogP contribution in [0.4, 0.5) is 4.39 Å². The summed E-state index contributed by atoms with van der Waals surface area (Å²) < 4.78 is 13.1. The van der Waals surface area contributed by atoms with Gasteiger partial charge in [-0.05, 0) is 30.7 Å². The van der Waals surface area contributed by atoms with Crippen LogP contribution in [0, 0.1) is 6.92 Å². The number of alkyl halides is 1. The molecule has 12 heavy (non-hydrogen) atoms. The average Bonchev–Trinajstić information content (AvgIpc) is 2.08. The molecule has 0 aliphatic rings. The molecule has 0 saturated carbocycles. The molecular formula is C9H8BrClF. The summed E-state index contributed by atoms with van der Waals surface area (Å²) in [5.74, 6) is -0.349. The maximum atomic E-state index is 12.3. The van der Waals surface area contributed by atoms with E-state index < -0.39 is 6.67 Å². The zero-order valence-corrected chi connectivity index (χ0v) is 8.70. The second-order valence-corrected chi connectivity index (χ2v) is 3.81. The molecule has 65 valence electrons. The first-order chi connectivity index (χ1) is 5.65. The second kappa shape index (κ2) is 4.24. The van der Waals surface area contributed by atoms with Gasteiger partial charge in [-0.1, -0.05) is 27.5 Å². The van der Waals surface area contributed by atoms with Crippen LogP contribution < -0.4 is 0 Å². The van der Waals surface area contributed by atoms with Gasteiger partial charge in [0.05, 0.1) is 6.67 Å². The average molecular weight is 251 g/mol. The number of benzene rings is 1. The Kier molecular flexibility index (Phi) is 3.53. The van der Waals surface area contributed by atoms with Crippen LogP contribution in [0.3, 0.4) is 0 Å². The van der Waals surface area contributed by atoms with Crippen molar-refractivity contribution in [2.75, 3.05) is 6.67 Å². The Morgan fingerprint density at radius 2 is 2.25 bits per heavy atom. The molecule has 0 heterocycles. The van der Waals surface area contributed by atoms with Crippen molar-refractivity contribution in [2.24, 2.45) is 0 Å². The summed E-state index contributed by atoms with van der Waals surface area (Å²) in [6.07, 6.45) is 0. The Bertz CT molecular complexity index is 275. The molecule has 1 aromatic rings. The molecule has 0 spiro atoms. The summed E-state index contributed by atoms with van der Waals surface area (Å²) in [6.45, 7) is 3.19. The van der Waals surface area contributed by atoms with Crippen LogP contribution in [0.15, 0.2) is 22.7 Å². The predicted molar refractivity (Wildman–Crippen MR) is 53.2 cm³/mol. The number of rotatable bonds is 2. The third-order valence-corrected chi connectivity index (χ3v) is 2.54. The van der Waals surface area contributed by atoms with Crippen molar-refractivity contribution in [3.05, 3.63) is 40.2 Å². The van der Waals surface area contributed by atoms with Crippen molar-refractivity contribution >= 4 is 27.5 Å².